The Balaban J connectivity index is 1.23. The van der Waals surface area contributed by atoms with Gasteiger partial charge in [-0.2, -0.15) is 5.26 Å². The molecule has 32 heavy (non-hydrogen) atoms. The summed E-state index contributed by atoms with van der Waals surface area (Å²) in [6.45, 7) is 4.13. The molecule has 0 aliphatic carbocycles. The van der Waals surface area contributed by atoms with Crippen LogP contribution in [0, 0.1) is 23.0 Å². The molecule has 8 heteroatoms. The van der Waals surface area contributed by atoms with E-state index >= 15 is 0 Å². The topological polar surface area (TPSA) is 59.8 Å². The number of carbonyl (C=O) groups is 1. The summed E-state index contributed by atoms with van der Waals surface area (Å²) in [7, 11) is 0. The predicted molar refractivity (Wildman–Crippen MR) is 116 cm³/mol. The fourth-order valence-corrected chi connectivity index (χ4v) is 4.24. The van der Waals surface area contributed by atoms with Gasteiger partial charge in [0.15, 0.2) is 0 Å². The number of piperidine rings is 1. The van der Waals surface area contributed by atoms with Crippen LogP contribution >= 0.6 is 0 Å². The zero-order valence-electron chi connectivity index (χ0n) is 17.8. The second-order valence-corrected chi connectivity index (χ2v) is 8.21. The van der Waals surface area contributed by atoms with E-state index in [4.69, 9.17) is 10.00 Å². The number of benzene rings is 2. The summed E-state index contributed by atoms with van der Waals surface area (Å²) in [4.78, 5) is 18.3. The Morgan fingerprint density at radius 3 is 2.34 bits per heavy atom. The number of amides is 1. The Labute approximate surface area is 186 Å². The van der Waals surface area contributed by atoms with Gasteiger partial charge in [-0.3, -0.25) is 4.90 Å². The molecule has 6 nitrogen and oxygen atoms in total. The fourth-order valence-electron chi connectivity index (χ4n) is 4.24. The lowest BCUT2D eigenvalue weighted by Gasteiger charge is -2.37. The van der Waals surface area contributed by atoms with Gasteiger partial charge < -0.3 is 14.5 Å². The van der Waals surface area contributed by atoms with Crippen molar-refractivity contribution in [1.82, 2.24) is 9.80 Å². The smallest absolute Gasteiger partial charge is 0.410 e. The largest absolute Gasteiger partial charge is 0.446 e. The highest BCUT2D eigenvalue weighted by Crippen LogP contribution is 2.25. The average molecular weight is 440 g/mol. The molecule has 2 heterocycles. The summed E-state index contributed by atoms with van der Waals surface area (Å²) in [6, 6.07) is 13.9. The summed E-state index contributed by atoms with van der Waals surface area (Å²) >= 11 is 0. The maximum Gasteiger partial charge on any atom is 0.410 e. The molecule has 0 spiro atoms. The number of hydrogen-bond acceptors (Lipinski definition) is 5. The van der Waals surface area contributed by atoms with Crippen LogP contribution in [-0.2, 0) is 11.3 Å². The molecule has 0 atom stereocenters. The summed E-state index contributed by atoms with van der Waals surface area (Å²) in [5.74, 6) is -1.38. The number of likely N-dealkylation sites (tertiary alicyclic amines) is 1. The van der Waals surface area contributed by atoms with Crippen LogP contribution in [0.2, 0.25) is 0 Å². The number of nitriles is 1. The standard InChI is InChI=1S/C24H26F2N4O2/c25-21-15-23(22(26)14-19(21)16-27)29-10-12-30(13-11-29)24(31)32-20-6-8-28(9-7-20)17-18-4-2-1-3-5-18/h1-5,14-15,20H,6-13,17H2. The minimum atomic E-state index is -0.746. The number of carbonyl (C=O) groups excluding carboxylic acids is 1. The molecule has 2 aromatic carbocycles. The van der Waals surface area contributed by atoms with Gasteiger partial charge in [0.1, 0.15) is 23.8 Å². The monoisotopic (exact) mass is 440 g/mol. The Kier molecular flexibility index (Phi) is 6.86. The molecule has 1 amide bonds. The van der Waals surface area contributed by atoms with Crippen LogP contribution in [0.5, 0.6) is 0 Å². The third-order valence-corrected chi connectivity index (χ3v) is 6.09. The Hall–Kier alpha value is -3.18. The van der Waals surface area contributed by atoms with Crippen molar-refractivity contribution in [2.75, 3.05) is 44.2 Å². The average Bonchev–Trinajstić information content (AvgIpc) is 2.82. The molecule has 168 valence electrons. The van der Waals surface area contributed by atoms with Crippen molar-refractivity contribution >= 4 is 11.8 Å². The lowest BCUT2D eigenvalue weighted by Crippen LogP contribution is -2.50. The molecule has 0 saturated carbocycles. The van der Waals surface area contributed by atoms with E-state index in [1.54, 1.807) is 15.9 Å². The molecule has 2 aliphatic heterocycles. The van der Waals surface area contributed by atoms with Gasteiger partial charge in [0, 0.05) is 51.9 Å². The molecule has 0 N–H and O–H groups in total. The molecule has 0 radical (unpaired) electrons. The first-order valence-electron chi connectivity index (χ1n) is 10.9. The maximum absolute atomic E-state index is 14.3. The van der Waals surface area contributed by atoms with Crippen LogP contribution in [0.4, 0.5) is 19.3 Å². The third kappa shape index (κ3) is 5.17. The van der Waals surface area contributed by atoms with Crippen LogP contribution in [0.15, 0.2) is 42.5 Å². The summed E-state index contributed by atoms with van der Waals surface area (Å²) in [5.41, 5.74) is 1.07. The van der Waals surface area contributed by atoms with E-state index in [2.05, 4.69) is 17.0 Å². The van der Waals surface area contributed by atoms with E-state index < -0.39 is 11.6 Å². The molecular weight excluding hydrogens is 414 g/mol. The fraction of sp³-hybridized carbons (Fsp3) is 0.417. The maximum atomic E-state index is 14.3. The molecule has 2 aromatic rings. The first-order valence-corrected chi connectivity index (χ1v) is 10.9. The Morgan fingerprint density at radius 1 is 1.00 bits per heavy atom. The number of piperazine rings is 1. The van der Waals surface area contributed by atoms with Crippen LogP contribution < -0.4 is 4.90 Å². The van der Waals surface area contributed by atoms with Gasteiger partial charge in [-0.1, -0.05) is 30.3 Å². The molecule has 4 rings (SSSR count). The van der Waals surface area contributed by atoms with E-state index in [1.165, 1.54) is 5.56 Å². The van der Waals surface area contributed by atoms with E-state index in [9.17, 15) is 13.6 Å². The van der Waals surface area contributed by atoms with Crippen molar-refractivity contribution in [2.45, 2.75) is 25.5 Å². The van der Waals surface area contributed by atoms with Gasteiger partial charge >= 0.3 is 6.09 Å². The number of nitrogens with zero attached hydrogens (tertiary/aromatic N) is 4. The highest BCUT2D eigenvalue weighted by atomic mass is 19.1. The van der Waals surface area contributed by atoms with Crippen molar-refractivity contribution < 1.29 is 18.3 Å². The molecule has 0 aromatic heterocycles. The van der Waals surface area contributed by atoms with Gasteiger partial charge in [-0.05, 0) is 24.5 Å². The second-order valence-electron chi connectivity index (χ2n) is 8.21. The van der Waals surface area contributed by atoms with Crippen molar-refractivity contribution in [3.8, 4) is 6.07 Å². The van der Waals surface area contributed by atoms with Crippen molar-refractivity contribution in [2.24, 2.45) is 0 Å². The number of halogens is 2. The minimum absolute atomic E-state index is 0.0994. The van der Waals surface area contributed by atoms with Crippen molar-refractivity contribution in [3.63, 3.8) is 0 Å². The number of anilines is 1. The number of ether oxygens (including phenoxy) is 1. The second kappa shape index (κ2) is 9.96. The van der Waals surface area contributed by atoms with E-state index in [0.29, 0.717) is 26.2 Å². The zero-order chi connectivity index (χ0) is 22.5. The van der Waals surface area contributed by atoms with Gasteiger partial charge in [0.05, 0.1) is 11.3 Å². The summed E-state index contributed by atoms with van der Waals surface area (Å²) in [5, 5.41) is 8.82. The first-order chi connectivity index (χ1) is 15.5. The lowest BCUT2D eigenvalue weighted by atomic mass is 10.1. The number of hydrogen-bond donors (Lipinski definition) is 0. The van der Waals surface area contributed by atoms with E-state index in [-0.39, 0.29) is 23.4 Å². The quantitative estimate of drug-likeness (QED) is 0.725. The first kappa shape index (κ1) is 22.0. The minimum Gasteiger partial charge on any atom is -0.446 e. The molecule has 0 unspecified atom stereocenters. The SMILES string of the molecule is N#Cc1cc(F)c(N2CCN(C(=O)OC3CCN(Cc4ccccc4)CC3)CC2)cc1F. The van der Waals surface area contributed by atoms with Crippen LogP contribution in [0.1, 0.15) is 24.0 Å². The van der Waals surface area contributed by atoms with Crippen LogP contribution in [0.3, 0.4) is 0 Å². The highest BCUT2D eigenvalue weighted by Gasteiger charge is 2.28. The van der Waals surface area contributed by atoms with Crippen molar-refractivity contribution in [1.29, 1.82) is 5.26 Å². The normalized spacial score (nSPS) is 17.8. The zero-order valence-corrected chi connectivity index (χ0v) is 17.8. The Bertz CT molecular complexity index is 979. The van der Waals surface area contributed by atoms with Crippen LogP contribution in [-0.4, -0.2) is 61.3 Å². The van der Waals surface area contributed by atoms with Crippen LogP contribution in [0.25, 0.3) is 0 Å². The van der Waals surface area contributed by atoms with Gasteiger partial charge in [0.2, 0.25) is 0 Å². The molecule has 2 aliphatic rings. The van der Waals surface area contributed by atoms with Crippen molar-refractivity contribution in [3.05, 3.63) is 65.2 Å². The molecule has 0 bridgehead atoms. The Morgan fingerprint density at radius 2 is 1.69 bits per heavy atom. The highest BCUT2D eigenvalue weighted by molar-refractivity contribution is 5.68. The molecule has 2 saturated heterocycles. The number of rotatable bonds is 4. The van der Waals surface area contributed by atoms with E-state index in [0.717, 1.165) is 44.6 Å². The summed E-state index contributed by atoms with van der Waals surface area (Å²) in [6.07, 6.45) is 1.15. The molecular formula is C24H26F2N4O2. The molecule has 2 fully saturated rings. The van der Waals surface area contributed by atoms with Gasteiger partial charge in [-0.15, -0.1) is 0 Å². The van der Waals surface area contributed by atoms with E-state index in [1.807, 2.05) is 18.2 Å². The van der Waals surface area contributed by atoms with Gasteiger partial charge in [0.25, 0.3) is 0 Å². The third-order valence-electron chi connectivity index (χ3n) is 6.09. The predicted octanol–water partition coefficient (Wildman–Crippen LogP) is 3.76. The summed E-state index contributed by atoms with van der Waals surface area (Å²) < 4.78 is 33.9. The lowest BCUT2D eigenvalue weighted by molar-refractivity contribution is 0.0261. The van der Waals surface area contributed by atoms with Gasteiger partial charge in [-0.25, -0.2) is 13.6 Å².